The predicted octanol–water partition coefficient (Wildman–Crippen LogP) is 4.81. The van der Waals surface area contributed by atoms with E-state index in [1.165, 1.54) is 10.4 Å². The molecule has 0 saturated carbocycles. The lowest BCUT2D eigenvalue weighted by atomic mass is 10.1. The number of thiazole rings is 1. The summed E-state index contributed by atoms with van der Waals surface area (Å²) in [6, 6.07) is 12.1. The quantitative estimate of drug-likeness (QED) is 0.688. The third-order valence-corrected chi connectivity index (χ3v) is 5.21. The van der Waals surface area contributed by atoms with Gasteiger partial charge in [-0.2, -0.15) is 0 Å². The second-order valence-electron chi connectivity index (χ2n) is 4.15. The van der Waals surface area contributed by atoms with Crippen LogP contribution in [-0.2, 0) is 6.42 Å². The van der Waals surface area contributed by atoms with Crippen molar-refractivity contribution < 1.29 is 0 Å². The largest absolute Gasteiger partial charge is 0.399 e. The minimum Gasteiger partial charge on any atom is -0.399 e. The summed E-state index contributed by atoms with van der Waals surface area (Å²) < 4.78 is 1.13. The number of nitrogens with two attached hydrogens (primary N) is 1. The zero-order valence-corrected chi connectivity index (χ0v) is 13.2. The number of halogens is 1. The summed E-state index contributed by atoms with van der Waals surface area (Å²) in [5.41, 5.74) is 8.78. The molecule has 0 radical (unpaired) electrons. The zero-order valence-electron chi connectivity index (χ0n) is 9.97. The normalized spacial score (nSPS) is 10.8. The summed E-state index contributed by atoms with van der Waals surface area (Å²) in [5.74, 6) is 0. The summed E-state index contributed by atoms with van der Waals surface area (Å²) in [6.45, 7) is 0. The van der Waals surface area contributed by atoms with Crippen LogP contribution < -0.4 is 5.73 Å². The van der Waals surface area contributed by atoms with Gasteiger partial charge in [-0.1, -0.05) is 12.1 Å². The number of anilines is 1. The minimum absolute atomic E-state index is 0.798. The van der Waals surface area contributed by atoms with Crippen molar-refractivity contribution in [3.05, 3.63) is 56.1 Å². The molecule has 5 heteroatoms. The molecule has 0 unspecified atom stereocenters. The van der Waals surface area contributed by atoms with Gasteiger partial charge in [-0.25, -0.2) is 4.98 Å². The van der Waals surface area contributed by atoms with Crippen LogP contribution >= 0.6 is 38.6 Å². The van der Waals surface area contributed by atoms with Gasteiger partial charge in [0.2, 0.25) is 0 Å². The van der Waals surface area contributed by atoms with E-state index in [0.29, 0.717) is 0 Å². The van der Waals surface area contributed by atoms with Crippen molar-refractivity contribution in [3.8, 4) is 10.6 Å². The molecule has 0 spiro atoms. The van der Waals surface area contributed by atoms with E-state index in [0.717, 1.165) is 26.6 Å². The smallest absolute Gasteiger partial charge is 0.0976 e. The van der Waals surface area contributed by atoms with Gasteiger partial charge in [0.1, 0.15) is 0 Å². The van der Waals surface area contributed by atoms with Gasteiger partial charge in [0.25, 0.3) is 0 Å². The molecule has 0 atom stereocenters. The highest BCUT2D eigenvalue weighted by Gasteiger charge is 2.07. The van der Waals surface area contributed by atoms with Crippen LogP contribution in [0.1, 0.15) is 10.6 Å². The maximum absolute atomic E-state index is 5.69. The predicted molar refractivity (Wildman–Crippen MR) is 86.8 cm³/mol. The first-order chi connectivity index (χ1) is 9.20. The molecule has 0 amide bonds. The molecule has 0 bridgehead atoms. The molecular weight excluding hydrogens is 340 g/mol. The molecule has 1 aromatic carbocycles. The number of benzene rings is 1. The highest BCUT2D eigenvalue weighted by atomic mass is 79.9. The number of thiophene rings is 1. The van der Waals surface area contributed by atoms with Crippen molar-refractivity contribution in [2.24, 2.45) is 0 Å². The highest BCUT2D eigenvalue weighted by Crippen LogP contribution is 2.32. The number of nitrogens with zero attached hydrogens (tertiary/aromatic N) is 1. The summed E-state index contributed by atoms with van der Waals surface area (Å²) in [5, 5.41) is 3.24. The first-order valence-electron chi connectivity index (χ1n) is 5.75. The van der Waals surface area contributed by atoms with E-state index in [1.54, 1.807) is 22.7 Å². The Bertz CT molecular complexity index is 686. The van der Waals surface area contributed by atoms with Crippen LogP contribution in [0.2, 0.25) is 0 Å². The van der Waals surface area contributed by atoms with Crippen molar-refractivity contribution in [2.45, 2.75) is 6.42 Å². The molecule has 2 N–H and O–H groups in total. The van der Waals surface area contributed by atoms with Crippen LogP contribution in [-0.4, -0.2) is 4.98 Å². The van der Waals surface area contributed by atoms with Gasteiger partial charge < -0.3 is 5.73 Å². The standard InChI is InChI=1S/C14H11BrN2S2/c15-13-6-5-12(19-13)11-8-18-14(17-11)7-9-1-3-10(16)4-2-9/h1-6,8H,7,16H2. The van der Waals surface area contributed by atoms with Crippen LogP contribution in [0.5, 0.6) is 0 Å². The van der Waals surface area contributed by atoms with Gasteiger partial charge in [-0.05, 0) is 45.8 Å². The van der Waals surface area contributed by atoms with Crippen LogP contribution in [0.4, 0.5) is 5.69 Å². The maximum Gasteiger partial charge on any atom is 0.0976 e. The number of nitrogen functional groups attached to an aromatic ring is 1. The topological polar surface area (TPSA) is 38.9 Å². The van der Waals surface area contributed by atoms with Gasteiger partial charge in [0, 0.05) is 17.5 Å². The monoisotopic (exact) mass is 350 g/mol. The minimum atomic E-state index is 0.798. The second-order valence-corrected chi connectivity index (χ2v) is 7.55. The molecule has 2 aromatic heterocycles. The Kier molecular flexibility index (Phi) is 3.68. The average Bonchev–Trinajstić information content (AvgIpc) is 3.01. The molecule has 2 nitrogen and oxygen atoms in total. The molecule has 3 rings (SSSR count). The van der Waals surface area contributed by atoms with Crippen molar-refractivity contribution in [3.63, 3.8) is 0 Å². The summed E-state index contributed by atoms with van der Waals surface area (Å²) in [7, 11) is 0. The lowest BCUT2D eigenvalue weighted by Gasteiger charge is -1.98. The molecular formula is C14H11BrN2S2. The fourth-order valence-electron chi connectivity index (χ4n) is 1.77. The first-order valence-corrected chi connectivity index (χ1v) is 8.24. The Labute approximate surface area is 128 Å². The molecule has 0 fully saturated rings. The van der Waals surface area contributed by atoms with Crippen molar-refractivity contribution >= 4 is 44.3 Å². The lowest BCUT2D eigenvalue weighted by Crippen LogP contribution is -1.89. The summed E-state index contributed by atoms with van der Waals surface area (Å²) >= 11 is 6.89. The average molecular weight is 351 g/mol. The number of rotatable bonds is 3. The van der Waals surface area contributed by atoms with Gasteiger partial charge in [0.15, 0.2) is 0 Å². The molecule has 0 aliphatic heterocycles. The van der Waals surface area contributed by atoms with Gasteiger partial charge in [-0.3, -0.25) is 0 Å². The molecule has 19 heavy (non-hydrogen) atoms. The fourth-order valence-corrected chi connectivity index (χ4v) is 4.02. The third-order valence-electron chi connectivity index (χ3n) is 2.71. The Balaban J connectivity index is 1.80. The van der Waals surface area contributed by atoms with Crippen molar-refractivity contribution in [1.29, 1.82) is 0 Å². The molecule has 0 aliphatic carbocycles. The summed E-state index contributed by atoms with van der Waals surface area (Å²) in [4.78, 5) is 5.89. The van der Waals surface area contributed by atoms with E-state index in [-0.39, 0.29) is 0 Å². The summed E-state index contributed by atoms with van der Waals surface area (Å²) in [6.07, 6.45) is 0.859. The Hall–Kier alpha value is -1.17. The van der Waals surface area contributed by atoms with Crippen molar-refractivity contribution in [2.75, 3.05) is 5.73 Å². The number of hydrogen-bond acceptors (Lipinski definition) is 4. The molecule has 2 heterocycles. The Morgan fingerprint density at radius 2 is 1.89 bits per heavy atom. The number of hydrogen-bond donors (Lipinski definition) is 1. The van der Waals surface area contributed by atoms with Gasteiger partial charge >= 0.3 is 0 Å². The van der Waals surface area contributed by atoms with E-state index >= 15 is 0 Å². The van der Waals surface area contributed by atoms with E-state index in [9.17, 15) is 0 Å². The van der Waals surface area contributed by atoms with Crippen LogP contribution in [0, 0.1) is 0 Å². The Morgan fingerprint density at radius 1 is 1.11 bits per heavy atom. The maximum atomic E-state index is 5.69. The molecule has 0 aliphatic rings. The fraction of sp³-hybridized carbons (Fsp3) is 0.0714. The van der Waals surface area contributed by atoms with E-state index < -0.39 is 0 Å². The van der Waals surface area contributed by atoms with E-state index in [2.05, 4.69) is 50.6 Å². The van der Waals surface area contributed by atoms with E-state index in [4.69, 9.17) is 5.73 Å². The zero-order chi connectivity index (χ0) is 13.2. The Morgan fingerprint density at radius 3 is 2.58 bits per heavy atom. The number of aromatic nitrogens is 1. The highest BCUT2D eigenvalue weighted by molar-refractivity contribution is 9.11. The van der Waals surface area contributed by atoms with Crippen molar-refractivity contribution in [1.82, 2.24) is 4.98 Å². The third kappa shape index (κ3) is 3.05. The first kappa shape index (κ1) is 12.8. The second kappa shape index (κ2) is 5.45. The SMILES string of the molecule is Nc1ccc(Cc2nc(-c3ccc(Br)s3)cs2)cc1. The molecule has 3 aromatic rings. The van der Waals surface area contributed by atoms with Crippen LogP contribution in [0.15, 0.2) is 45.6 Å². The van der Waals surface area contributed by atoms with Gasteiger partial charge in [-0.15, -0.1) is 22.7 Å². The lowest BCUT2D eigenvalue weighted by molar-refractivity contribution is 1.14. The van der Waals surface area contributed by atoms with Crippen LogP contribution in [0.3, 0.4) is 0 Å². The van der Waals surface area contributed by atoms with Gasteiger partial charge in [0.05, 0.1) is 19.4 Å². The molecule has 96 valence electrons. The van der Waals surface area contributed by atoms with Crippen LogP contribution in [0.25, 0.3) is 10.6 Å². The van der Waals surface area contributed by atoms with E-state index in [1.807, 2.05) is 12.1 Å². The molecule has 0 saturated heterocycles.